The fourth-order valence-electron chi connectivity index (χ4n) is 0.715. The van der Waals surface area contributed by atoms with Crippen molar-refractivity contribution in [2.24, 2.45) is 5.10 Å². The summed E-state index contributed by atoms with van der Waals surface area (Å²) in [7, 11) is 0. The third kappa shape index (κ3) is 1.10. The summed E-state index contributed by atoms with van der Waals surface area (Å²) in [5.74, 6) is 0. The van der Waals surface area contributed by atoms with E-state index in [1.807, 2.05) is 13.8 Å². The van der Waals surface area contributed by atoms with E-state index in [-0.39, 0.29) is 12.1 Å². The summed E-state index contributed by atoms with van der Waals surface area (Å²) in [6, 6.07) is -0.0932. The molecule has 0 saturated heterocycles. The van der Waals surface area contributed by atoms with Gasteiger partial charge in [-0.05, 0) is 13.3 Å². The highest BCUT2D eigenvalue weighted by Gasteiger charge is 2.22. The summed E-state index contributed by atoms with van der Waals surface area (Å²) >= 11 is 0. The molecule has 4 nitrogen and oxygen atoms in total. The van der Waals surface area contributed by atoms with E-state index in [2.05, 4.69) is 10.4 Å². The quantitative estimate of drug-likeness (QED) is 0.558. The molecule has 10 heavy (non-hydrogen) atoms. The second-order valence-corrected chi connectivity index (χ2v) is 2.24. The van der Waals surface area contributed by atoms with Crippen LogP contribution in [0.2, 0.25) is 0 Å². The van der Waals surface area contributed by atoms with Crippen LogP contribution in [0.1, 0.15) is 20.3 Å². The molecule has 1 unspecified atom stereocenters. The van der Waals surface area contributed by atoms with Crippen molar-refractivity contribution in [1.29, 1.82) is 0 Å². The van der Waals surface area contributed by atoms with Crippen molar-refractivity contribution < 1.29 is 4.79 Å². The fraction of sp³-hybridized carbons (Fsp3) is 0.667. The number of rotatable bonds is 2. The van der Waals surface area contributed by atoms with Gasteiger partial charge in [-0.25, -0.2) is 9.80 Å². The van der Waals surface area contributed by atoms with Crippen molar-refractivity contribution in [3.63, 3.8) is 0 Å². The summed E-state index contributed by atoms with van der Waals surface area (Å²) in [4.78, 5) is 10.8. The molecule has 1 aliphatic rings. The predicted octanol–water partition coefficient (Wildman–Crippen LogP) is 0.768. The first kappa shape index (κ1) is 7.05. The molecule has 0 aromatic heterocycles. The summed E-state index contributed by atoms with van der Waals surface area (Å²) in [6.45, 7) is 3.95. The van der Waals surface area contributed by atoms with E-state index < -0.39 is 0 Å². The minimum Gasteiger partial charge on any atom is -0.244 e. The van der Waals surface area contributed by atoms with Crippen molar-refractivity contribution in [1.82, 2.24) is 10.3 Å². The number of hydrogen-bond donors (Lipinski definition) is 0. The lowest BCUT2D eigenvalue weighted by molar-refractivity contribution is 0.192. The highest BCUT2D eigenvalue weighted by Crippen LogP contribution is 2.06. The zero-order valence-corrected chi connectivity index (χ0v) is 6.11. The van der Waals surface area contributed by atoms with Crippen LogP contribution in [-0.2, 0) is 0 Å². The lowest BCUT2D eigenvalue weighted by Crippen LogP contribution is -2.32. The molecule has 1 atom stereocenters. The lowest BCUT2D eigenvalue weighted by atomic mass is 10.2. The van der Waals surface area contributed by atoms with Crippen LogP contribution in [0.25, 0.3) is 0 Å². The van der Waals surface area contributed by atoms with Crippen LogP contribution in [0.5, 0.6) is 0 Å². The minimum absolute atomic E-state index is 0.162. The van der Waals surface area contributed by atoms with E-state index in [9.17, 15) is 4.79 Å². The molecule has 0 aromatic rings. The average molecular weight is 140 g/mol. The smallest absolute Gasteiger partial charge is 0.244 e. The Morgan fingerprint density at radius 2 is 2.50 bits per heavy atom. The molecule has 55 valence electrons. The zero-order chi connectivity index (χ0) is 7.56. The molecule has 0 aliphatic carbocycles. The molecule has 0 N–H and O–H groups in total. The molecule has 0 aromatic carbocycles. The van der Waals surface area contributed by atoms with Crippen LogP contribution >= 0.6 is 0 Å². The van der Waals surface area contributed by atoms with Crippen molar-refractivity contribution in [3.05, 3.63) is 0 Å². The monoisotopic (exact) mass is 140 g/mol. The first-order valence-electron chi connectivity index (χ1n) is 3.32. The molecule has 2 amide bonds. The number of hydrazone groups is 1. The van der Waals surface area contributed by atoms with E-state index in [0.29, 0.717) is 0 Å². The van der Waals surface area contributed by atoms with Gasteiger partial charge in [-0.1, -0.05) is 6.92 Å². The highest BCUT2D eigenvalue weighted by atomic mass is 16.2. The lowest BCUT2D eigenvalue weighted by Gasteiger charge is -2.16. The minimum atomic E-state index is -0.255. The Morgan fingerprint density at radius 3 is 2.90 bits per heavy atom. The number of urea groups is 1. The Morgan fingerprint density at radius 1 is 1.80 bits per heavy atom. The molecule has 1 heterocycles. The van der Waals surface area contributed by atoms with E-state index in [1.54, 1.807) is 0 Å². The number of carbonyl (C=O) groups is 1. The molecule has 1 aliphatic heterocycles. The third-order valence-electron chi connectivity index (χ3n) is 1.55. The third-order valence-corrected chi connectivity index (χ3v) is 1.55. The topological polar surface area (TPSA) is 46.8 Å². The van der Waals surface area contributed by atoms with E-state index in [4.69, 9.17) is 0 Å². The molecule has 0 saturated carbocycles. The summed E-state index contributed by atoms with van der Waals surface area (Å²) in [6.07, 6.45) is 2.19. The normalized spacial score (nSPS) is 19.4. The van der Waals surface area contributed by atoms with Gasteiger partial charge in [0.05, 0.1) is 6.04 Å². The number of nitrogens with zero attached hydrogens (tertiary/aromatic N) is 3. The summed E-state index contributed by atoms with van der Waals surface area (Å²) < 4.78 is 0. The SMILES string of the molecule is CCC(C)N1N=C[N]C1=O. The molecule has 0 bridgehead atoms. The van der Waals surface area contributed by atoms with Gasteiger partial charge in [0.1, 0.15) is 6.34 Å². The fourth-order valence-corrected chi connectivity index (χ4v) is 0.715. The van der Waals surface area contributed by atoms with Crippen LogP contribution in [0.4, 0.5) is 4.79 Å². The molecule has 0 spiro atoms. The van der Waals surface area contributed by atoms with Crippen LogP contribution < -0.4 is 5.32 Å². The van der Waals surface area contributed by atoms with Gasteiger partial charge in [0.2, 0.25) is 0 Å². The zero-order valence-electron chi connectivity index (χ0n) is 6.11. The molecular weight excluding hydrogens is 130 g/mol. The maximum absolute atomic E-state index is 10.8. The maximum Gasteiger partial charge on any atom is 0.365 e. The number of hydrogen-bond acceptors (Lipinski definition) is 2. The Balaban J connectivity index is 2.54. The Kier molecular flexibility index (Phi) is 1.89. The van der Waals surface area contributed by atoms with Gasteiger partial charge in [0.15, 0.2) is 0 Å². The van der Waals surface area contributed by atoms with Crippen LogP contribution in [-0.4, -0.2) is 23.4 Å². The van der Waals surface area contributed by atoms with E-state index >= 15 is 0 Å². The van der Waals surface area contributed by atoms with Crippen molar-refractivity contribution in [3.8, 4) is 0 Å². The Bertz CT molecular complexity index is 166. The second kappa shape index (κ2) is 2.68. The largest absolute Gasteiger partial charge is 0.365 e. The van der Waals surface area contributed by atoms with Crippen molar-refractivity contribution in [2.75, 3.05) is 0 Å². The molecular formula is C6H10N3O. The van der Waals surface area contributed by atoms with Gasteiger partial charge >= 0.3 is 6.03 Å². The molecule has 1 rings (SSSR count). The van der Waals surface area contributed by atoms with Gasteiger partial charge in [-0.15, -0.1) is 0 Å². The first-order chi connectivity index (χ1) is 4.75. The molecule has 1 radical (unpaired) electrons. The molecule has 0 fully saturated rings. The number of carbonyl (C=O) groups excluding carboxylic acids is 1. The Labute approximate surface area is 59.9 Å². The summed E-state index contributed by atoms with van der Waals surface area (Å²) in [5.41, 5.74) is 0. The second-order valence-electron chi connectivity index (χ2n) is 2.24. The van der Waals surface area contributed by atoms with Crippen LogP contribution in [0.15, 0.2) is 5.10 Å². The predicted molar refractivity (Wildman–Crippen MR) is 37.6 cm³/mol. The standard InChI is InChI=1S/C6H10N3O/c1-3-5(2)9-6(10)7-4-8-9/h4-5H,3H2,1-2H3. The average Bonchev–Trinajstić information content (AvgIpc) is 2.34. The van der Waals surface area contributed by atoms with Crippen molar-refractivity contribution >= 4 is 12.4 Å². The van der Waals surface area contributed by atoms with Gasteiger partial charge < -0.3 is 0 Å². The van der Waals surface area contributed by atoms with Gasteiger partial charge in [0, 0.05) is 0 Å². The van der Waals surface area contributed by atoms with Crippen LogP contribution in [0, 0.1) is 0 Å². The molecule has 4 heteroatoms. The Hall–Kier alpha value is -1.06. The first-order valence-corrected chi connectivity index (χ1v) is 3.32. The van der Waals surface area contributed by atoms with Crippen molar-refractivity contribution in [2.45, 2.75) is 26.3 Å². The van der Waals surface area contributed by atoms with E-state index in [1.165, 1.54) is 11.3 Å². The maximum atomic E-state index is 10.8. The van der Waals surface area contributed by atoms with Gasteiger partial charge in [0.25, 0.3) is 0 Å². The summed E-state index contributed by atoms with van der Waals surface area (Å²) in [5, 5.41) is 8.65. The van der Waals surface area contributed by atoms with Crippen LogP contribution in [0.3, 0.4) is 0 Å². The van der Waals surface area contributed by atoms with Gasteiger partial charge in [-0.3, -0.25) is 0 Å². The van der Waals surface area contributed by atoms with Gasteiger partial charge in [-0.2, -0.15) is 10.4 Å². The van der Waals surface area contributed by atoms with E-state index in [0.717, 1.165) is 6.42 Å². The number of amides is 2. The highest BCUT2D eigenvalue weighted by molar-refractivity contribution is 5.89.